The van der Waals surface area contributed by atoms with Gasteiger partial charge in [0.2, 0.25) is 0 Å². The Hall–Kier alpha value is -2.36. The van der Waals surface area contributed by atoms with Gasteiger partial charge in [0.05, 0.1) is 5.97 Å². The van der Waals surface area contributed by atoms with Crippen molar-refractivity contribution in [1.29, 1.82) is 0 Å². The highest BCUT2D eigenvalue weighted by molar-refractivity contribution is 5.92. The van der Waals surface area contributed by atoms with Crippen molar-refractivity contribution in [2.45, 2.75) is 0 Å². The Balaban J connectivity index is 2.31. The lowest BCUT2D eigenvalue weighted by molar-refractivity contribution is -0.254. The summed E-state index contributed by atoms with van der Waals surface area (Å²) >= 11 is 0. The molecule has 0 amide bonds. The van der Waals surface area contributed by atoms with Gasteiger partial charge < -0.3 is 15.2 Å². The molecule has 1 N–H and O–H groups in total. The standard InChI is InChI=1S/C12H10N2O2/c15-12(16)10-7-4-8-13-11(10)14-9-5-2-1-3-6-9/h1-8H,(H,13,14)(H,15,16)/p-1. The first-order valence-corrected chi connectivity index (χ1v) is 4.76. The van der Waals surface area contributed by atoms with Crippen molar-refractivity contribution in [3.8, 4) is 0 Å². The maximum absolute atomic E-state index is 10.8. The van der Waals surface area contributed by atoms with E-state index in [2.05, 4.69) is 10.3 Å². The fourth-order valence-electron chi connectivity index (χ4n) is 1.33. The number of rotatable bonds is 3. The average Bonchev–Trinajstić information content (AvgIpc) is 2.31. The molecular weight excluding hydrogens is 204 g/mol. The number of para-hydroxylation sites is 1. The number of carboxylic acid groups (broad SMARTS) is 1. The van der Waals surface area contributed by atoms with E-state index in [1.54, 1.807) is 6.07 Å². The van der Waals surface area contributed by atoms with E-state index in [4.69, 9.17) is 0 Å². The van der Waals surface area contributed by atoms with Crippen molar-refractivity contribution in [1.82, 2.24) is 4.98 Å². The fraction of sp³-hybridized carbons (Fsp3) is 0. The third kappa shape index (κ3) is 2.17. The van der Waals surface area contributed by atoms with Crippen LogP contribution in [0.15, 0.2) is 48.7 Å². The molecule has 1 aromatic carbocycles. The largest absolute Gasteiger partial charge is 0.545 e. The van der Waals surface area contributed by atoms with Gasteiger partial charge in [0.25, 0.3) is 0 Å². The Kier molecular flexibility index (Phi) is 2.82. The lowest BCUT2D eigenvalue weighted by atomic mass is 10.2. The van der Waals surface area contributed by atoms with E-state index >= 15 is 0 Å². The number of aromatic carboxylic acids is 1. The number of carbonyl (C=O) groups is 1. The molecule has 0 fully saturated rings. The van der Waals surface area contributed by atoms with Crippen LogP contribution in [0.2, 0.25) is 0 Å². The predicted octanol–water partition coefficient (Wildman–Crippen LogP) is 1.19. The van der Waals surface area contributed by atoms with Crippen LogP contribution < -0.4 is 10.4 Å². The molecule has 0 saturated heterocycles. The van der Waals surface area contributed by atoms with Crippen LogP contribution in [0.3, 0.4) is 0 Å². The number of anilines is 2. The first-order chi connectivity index (χ1) is 7.77. The molecule has 2 rings (SSSR count). The van der Waals surface area contributed by atoms with Crippen molar-refractivity contribution in [2.24, 2.45) is 0 Å². The van der Waals surface area contributed by atoms with E-state index in [0.29, 0.717) is 0 Å². The summed E-state index contributed by atoms with van der Waals surface area (Å²) < 4.78 is 0. The fourth-order valence-corrected chi connectivity index (χ4v) is 1.33. The van der Waals surface area contributed by atoms with Crippen molar-refractivity contribution in [3.63, 3.8) is 0 Å². The van der Waals surface area contributed by atoms with Gasteiger partial charge in [-0.1, -0.05) is 18.2 Å². The zero-order valence-electron chi connectivity index (χ0n) is 8.38. The second-order valence-corrected chi connectivity index (χ2v) is 3.18. The number of nitrogens with zero attached hydrogens (tertiary/aromatic N) is 1. The summed E-state index contributed by atoms with van der Waals surface area (Å²) in [6.07, 6.45) is 1.53. The quantitative estimate of drug-likeness (QED) is 0.831. The SMILES string of the molecule is O=C([O-])c1cccnc1Nc1ccccc1. The minimum atomic E-state index is -1.24. The minimum absolute atomic E-state index is 0.0475. The molecule has 80 valence electrons. The van der Waals surface area contributed by atoms with E-state index in [1.165, 1.54) is 12.3 Å². The molecule has 0 bridgehead atoms. The van der Waals surface area contributed by atoms with Crippen LogP contribution in [0.5, 0.6) is 0 Å². The number of carbonyl (C=O) groups excluding carboxylic acids is 1. The smallest absolute Gasteiger partial charge is 0.139 e. The van der Waals surface area contributed by atoms with Crippen LogP contribution in [-0.4, -0.2) is 11.0 Å². The van der Waals surface area contributed by atoms with Crippen molar-refractivity contribution in [3.05, 3.63) is 54.2 Å². The molecule has 0 aliphatic rings. The molecule has 4 nitrogen and oxygen atoms in total. The maximum atomic E-state index is 10.8. The minimum Gasteiger partial charge on any atom is -0.545 e. The summed E-state index contributed by atoms with van der Waals surface area (Å²) in [5, 5.41) is 13.7. The van der Waals surface area contributed by atoms with Crippen LogP contribution in [0.25, 0.3) is 0 Å². The Morgan fingerprint density at radius 1 is 1.12 bits per heavy atom. The number of carboxylic acids is 1. The molecule has 0 saturated carbocycles. The number of aromatic nitrogens is 1. The highest BCUT2D eigenvalue weighted by atomic mass is 16.4. The monoisotopic (exact) mass is 213 g/mol. The molecular formula is C12H9N2O2-. The van der Waals surface area contributed by atoms with Crippen molar-refractivity contribution < 1.29 is 9.90 Å². The first kappa shape index (κ1) is 10.2. The van der Waals surface area contributed by atoms with Gasteiger partial charge in [0.1, 0.15) is 5.82 Å². The lowest BCUT2D eigenvalue weighted by Gasteiger charge is -2.10. The second kappa shape index (κ2) is 4.44. The van der Waals surface area contributed by atoms with Gasteiger partial charge in [-0.2, -0.15) is 0 Å². The number of hydrogen-bond donors (Lipinski definition) is 1. The predicted molar refractivity (Wildman–Crippen MR) is 58.3 cm³/mol. The zero-order valence-corrected chi connectivity index (χ0v) is 8.38. The molecule has 16 heavy (non-hydrogen) atoms. The first-order valence-electron chi connectivity index (χ1n) is 4.76. The van der Waals surface area contributed by atoms with E-state index in [-0.39, 0.29) is 11.4 Å². The zero-order chi connectivity index (χ0) is 11.4. The second-order valence-electron chi connectivity index (χ2n) is 3.18. The van der Waals surface area contributed by atoms with Gasteiger partial charge in [0.15, 0.2) is 0 Å². The van der Waals surface area contributed by atoms with Gasteiger partial charge in [0, 0.05) is 17.4 Å². The van der Waals surface area contributed by atoms with Crippen LogP contribution in [0, 0.1) is 0 Å². The summed E-state index contributed by atoms with van der Waals surface area (Å²) in [7, 11) is 0. The van der Waals surface area contributed by atoms with Crippen LogP contribution >= 0.6 is 0 Å². The van der Waals surface area contributed by atoms with E-state index < -0.39 is 5.97 Å². The maximum Gasteiger partial charge on any atom is 0.139 e. The summed E-state index contributed by atoms with van der Waals surface area (Å²) in [5.41, 5.74) is 0.829. The highest BCUT2D eigenvalue weighted by Gasteiger charge is 2.03. The summed E-state index contributed by atoms with van der Waals surface area (Å²) in [4.78, 5) is 14.8. The molecule has 0 radical (unpaired) electrons. The van der Waals surface area contributed by atoms with Crippen molar-refractivity contribution >= 4 is 17.5 Å². The molecule has 0 atom stereocenters. The molecule has 0 spiro atoms. The number of pyridine rings is 1. The number of hydrogen-bond acceptors (Lipinski definition) is 4. The van der Waals surface area contributed by atoms with E-state index in [0.717, 1.165) is 5.69 Å². The van der Waals surface area contributed by atoms with Crippen LogP contribution in [-0.2, 0) is 0 Å². The third-order valence-electron chi connectivity index (χ3n) is 2.06. The van der Waals surface area contributed by atoms with E-state index in [9.17, 15) is 9.90 Å². The van der Waals surface area contributed by atoms with Gasteiger partial charge in [-0.05, 0) is 24.3 Å². The molecule has 1 aromatic heterocycles. The third-order valence-corrected chi connectivity index (χ3v) is 2.06. The van der Waals surface area contributed by atoms with Crippen LogP contribution in [0.1, 0.15) is 10.4 Å². The molecule has 0 aliphatic carbocycles. The van der Waals surface area contributed by atoms with Gasteiger partial charge in [-0.25, -0.2) is 4.98 Å². The Labute approximate surface area is 92.6 Å². The normalized spacial score (nSPS) is 9.75. The molecule has 2 aromatic rings. The highest BCUT2D eigenvalue weighted by Crippen LogP contribution is 2.17. The molecule has 0 unspecified atom stereocenters. The molecule has 0 aliphatic heterocycles. The van der Waals surface area contributed by atoms with Gasteiger partial charge in [-0.3, -0.25) is 0 Å². The Morgan fingerprint density at radius 2 is 1.88 bits per heavy atom. The molecule has 1 heterocycles. The lowest BCUT2D eigenvalue weighted by Crippen LogP contribution is -2.23. The number of nitrogens with one attached hydrogen (secondary N) is 1. The van der Waals surface area contributed by atoms with Gasteiger partial charge in [-0.15, -0.1) is 0 Å². The number of benzene rings is 1. The van der Waals surface area contributed by atoms with Crippen LogP contribution in [0.4, 0.5) is 11.5 Å². The Bertz CT molecular complexity index is 497. The van der Waals surface area contributed by atoms with Crippen molar-refractivity contribution in [2.75, 3.05) is 5.32 Å². The van der Waals surface area contributed by atoms with E-state index in [1.807, 2.05) is 30.3 Å². The summed E-state index contributed by atoms with van der Waals surface area (Å²) in [5.74, 6) is -0.958. The summed E-state index contributed by atoms with van der Waals surface area (Å²) in [6, 6.07) is 12.2. The Morgan fingerprint density at radius 3 is 2.56 bits per heavy atom. The molecule has 4 heteroatoms. The topological polar surface area (TPSA) is 65.0 Å². The summed E-state index contributed by atoms with van der Waals surface area (Å²) in [6.45, 7) is 0. The average molecular weight is 213 g/mol. The van der Waals surface area contributed by atoms with Gasteiger partial charge >= 0.3 is 0 Å².